The van der Waals surface area contributed by atoms with Crippen molar-refractivity contribution in [3.8, 4) is 5.75 Å². The maximum absolute atomic E-state index is 12.0. The number of hydrogen-bond donors (Lipinski definition) is 0. The minimum atomic E-state index is -2.99. The third-order valence-corrected chi connectivity index (χ3v) is 5.74. The molecule has 2 rings (SSSR count). The molecule has 20 heavy (non-hydrogen) atoms. The molecule has 0 aliphatic carbocycles. The lowest BCUT2D eigenvalue weighted by atomic mass is 10.2. The van der Waals surface area contributed by atoms with Gasteiger partial charge in [0.05, 0.1) is 16.0 Å². The number of sulfone groups is 1. The van der Waals surface area contributed by atoms with Gasteiger partial charge in [-0.15, -0.1) is 0 Å². The number of ether oxygens (including phenoxy) is 1. The van der Waals surface area contributed by atoms with Crippen LogP contribution in [-0.2, 0) is 14.6 Å². The van der Waals surface area contributed by atoms with E-state index in [4.69, 9.17) is 4.74 Å². The first-order chi connectivity index (χ1) is 9.39. The zero-order chi connectivity index (χ0) is 14.8. The SMILES string of the molecule is CN(C(=O)COc1ccccc1Br)[C@H]1CCS(=O)(=O)C1. The van der Waals surface area contributed by atoms with Gasteiger partial charge in [-0.25, -0.2) is 8.42 Å². The van der Waals surface area contributed by atoms with Crippen LogP contribution in [0.4, 0.5) is 0 Å². The second-order valence-electron chi connectivity index (χ2n) is 4.78. The van der Waals surface area contributed by atoms with E-state index in [1.54, 1.807) is 13.1 Å². The van der Waals surface area contributed by atoms with Crippen molar-refractivity contribution >= 4 is 31.7 Å². The highest BCUT2D eigenvalue weighted by Gasteiger charge is 2.32. The molecule has 1 fully saturated rings. The van der Waals surface area contributed by atoms with Crippen LogP contribution in [0.1, 0.15) is 6.42 Å². The van der Waals surface area contributed by atoms with Crippen LogP contribution in [0.25, 0.3) is 0 Å². The van der Waals surface area contributed by atoms with Gasteiger partial charge in [0.15, 0.2) is 16.4 Å². The zero-order valence-corrected chi connectivity index (χ0v) is 13.5. The number of halogens is 1. The van der Waals surface area contributed by atoms with Crippen molar-refractivity contribution in [2.45, 2.75) is 12.5 Å². The molecule has 1 aliphatic heterocycles. The Kier molecular flexibility index (Phi) is 4.70. The van der Waals surface area contributed by atoms with Crippen LogP contribution in [0.15, 0.2) is 28.7 Å². The Balaban J connectivity index is 1.91. The van der Waals surface area contributed by atoms with Gasteiger partial charge >= 0.3 is 0 Å². The molecule has 110 valence electrons. The highest BCUT2D eigenvalue weighted by atomic mass is 79.9. The van der Waals surface area contributed by atoms with E-state index in [9.17, 15) is 13.2 Å². The van der Waals surface area contributed by atoms with Crippen LogP contribution in [0.2, 0.25) is 0 Å². The van der Waals surface area contributed by atoms with Gasteiger partial charge in [0.25, 0.3) is 5.91 Å². The molecule has 0 spiro atoms. The van der Waals surface area contributed by atoms with Gasteiger partial charge in [-0.05, 0) is 34.5 Å². The maximum Gasteiger partial charge on any atom is 0.260 e. The van der Waals surface area contributed by atoms with E-state index in [0.717, 1.165) is 4.47 Å². The van der Waals surface area contributed by atoms with Gasteiger partial charge in [-0.2, -0.15) is 0 Å². The van der Waals surface area contributed by atoms with Gasteiger partial charge in [-0.1, -0.05) is 12.1 Å². The lowest BCUT2D eigenvalue weighted by Gasteiger charge is -2.23. The van der Waals surface area contributed by atoms with Crippen LogP contribution in [0.3, 0.4) is 0 Å². The summed E-state index contributed by atoms with van der Waals surface area (Å²) >= 11 is 3.34. The molecule has 0 N–H and O–H groups in total. The lowest BCUT2D eigenvalue weighted by Crippen LogP contribution is -2.40. The largest absolute Gasteiger partial charge is 0.483 e. The Morgan fingerprint density at radius 2 is 2.15 bits per heavy atom. The van der Waals surface area contributed by atoms with Crippen LogP contribution in [0.5, 0.6) is 5.75 Å². The molecule has 1 aliphatic rings. The van der Waals surface area contributed by atoms with Gasteiger partial charge in [0, 0.05) is 13.1 Å². The van der Waals surface area contributed by atoms with Crippen LogP contribution in [0, 0.1) is 0 Å². The first kappa shape index (κ1) is 15.3. The summed E-state index contributed by atoms with van der Waals surface area (Å²) in [7, 11) is -1.37. The topological polar surface area (TPSA) is 63.7 Å². The van der Waals surface area contributed by atoms with Gasteiger partial charge < -0.3 is 9.64 Å². The summed E-state index contributed by atoms with van der Waals surface area (Å²) in [6.07, 6.45) is 0.500. The third kappa shape index (κ3) is 3.73. The first-order valence-electron chi connectivity index (χ1n) is 6.22. The smallest absolute Gasteiger partial charge is 0.260 e. The van der Waals surface area contributed by atoms with Crippen molar-refractivity contribution in [3.05, 3.63) is 28.7 Å². The van der Waals surface area contributed by atoms with Crippen molar-refractivity contribution < 1.29 is 17.9 Å². The standard InChI is InChI=1S/C13H16BrNO4S/c1-15(10-6-7-20(17,18)9-10)13(16)8-19-12-5-3-2-4-11(12)14/h2-5,10H,6-9H2,1H3/t10-/m0/s1. The minimum absolute atomic E-state index is 0.0459. The van der Waals surface area contributed by atoms with Crippen molar-refractivity contribution in [1.82, 2.24) is 4.90 Å². The van der Waals surface area contributed by atoms with Gasteiger partial charge in [0.2, 0.25) is 0 Å². The van der Waals surface area contributed by atoms with E-state index in [1.807, 2.05) is 18.2 Å². The molecule has 1 atom stereocenters. The Hall–Kier alpha value is -1.08. The fourth-order valence-corrected chi connectivity index (χ4v) is 4.26. The summed E-state index contributed by atoms with van der Waals surface area (Å²) in [4.78, 5) is 13.5. The molecule has 0 aromatic heterocycles. The Bertz CT molecular complexity index is 602. The van der Waals surface area contributed by atoms with Gasteiger partial charge in [-0.3, -0.25) is 4.79 Å². The van der Waals surface area contributed by atoms with E-state index >= 15 is 0 Å². The molecular formula is C13H16BrNO4S. The van der Waals surface area contributed by atoms with Crippen molar-refractivity contribution in [2.75, 3.05) is 25.2 Å². The molecule has 1 saturated heterocycles. The fourth-order valence-electron chi connectivity index (χ4n) is 2.09. The van der Waals surface area contributed by atoms with Gasteiger partial charge in [0.1, 0.15) is 5.75 Å². The number of amides is 1. The second-order valence-corrected chi connectivity index (χ2v) is 7.86. The highest BCUT2D eigenvalue weighted by molar-refractivity contribution is 9.10. The maximum atomic E-state index is 12.0. The number of benzene rings is 1. The summed E-state index contributed by atoms with van der Waals surface area (Å²) in [6, 6.07) is 7.02. The summed E-state index contributed by atoms with van der Waals surface area (Å²) in [5.74, 6) is 0.570. The monoisotopic (exact) mass is 361 g/mol. The zero-order valence-electron chi connectivity index (χ0n) is 11.1. The second kappa shape index (κ2) is 6.13. The van der Waals surface area contributed by atoms with E-state index in [2.05, 4.69) is 15.9 Å². The summed E-state index contributed by atoms with van der Waals surface area (Å²) in [5, 5.41) is 0. The average molecular weight is 362 g/mol. The number of carbonyl (C=O) groups excluding carboxylic acids is 1. The Morgan fingerprint density at radius 1 is 1.45 bits per heavy atom. The van der Waals surface area contributed by atoms with E-state index in [1.165, 1.54) is 4.90 Å². The molecule has 1 heterocycles. The molecule has 1 aromatic rings. The Morgan fingerprint density at radius 3 is 2.75 bits per heavy atom. The number of nitrogens with zero attached hydrogens (tertiary/aromatic N) is 1. The average Bonchev–Trinajstić information content (AvgIpc) is 2.77. The highest BCUT2D eigenvalue weighted by Crippen LogP contribution is 2.24. The number of likely N-dealkylation sites (N-methyl/N-ethyl adjacent to an activating group) is 1. The van der Waals surface area contributed by atoms with Crippen molar-refractivity contribution in [2.24, 2.45) is 0 Å². The Labute approximate surface area is 127 Å². The summed E-state index contributed by atoms with van der Waals surface area (Å²) in [5.41, 5.74) is 0. The molecule has 0 saturated carbocycles. The normalized spacial score (nSPS) is 20.6. The van der Waals surface area contributed by atoms with E-state index < -0.39 is 9.84 Å². The quantitative estimate of drug-likeness (QED) is 0.814. The fraction of sp³-hybridized carbons (Fsp3) is 0.462. The van der Waals surface area contributed by atoms with Crippen LogP contribution >= 0.6 is 15.9 Å². The molecule has 1 amide bonds. The number of carbonyl (C=O) groups is 1. The number of rotatable bonds is 4. The van der Waals surface area contributed by atoms with Crippen LogP contribution < -0.4 is 4.74 Å². The van der Waals surface area contributed by atoms with Crippen molar-refractivity contribution in [3.63, 3.8) is 0 Å². The number of para-hydroxylation sites is 1. The lowest BCUT2D eigenvalue weighted by molar-refractivity contribution is -0.133. The molecule has 1 aromatic carbocycles. The molecule has 0 bridgehead atoms. The van der Waals surface area contributed by atoms with E-state index in [0.29, 0.717) is 12.2 Å². The summed E-state index contributed by atoms with van der Waals surface area (Å²) < 4.78 is 29.1. The third-order valence-electron chi connectivity index (χ3n) is 3.34. The predicted molar refractivity (Wildman–Crippen MR) is 79.5 cm³/mol. The molecule has 5 nitrogen and oxygen atoms in total. The molecule has 7 heteroatoms. The van der Waals surface area contributed by atoms with Crippen molar-refractivity contribution in [1.29, 1.82) is 0 Å². The molecular weight excluding hydrogens is 346 g/mol. The summed E-state index contributed by atoms with van der Waals surface area (Å²) in [6.45, 7) is -0.102. The van der Waals surface area contributed by atoms with Crippen LogP contribution in [-0.4, -0.2) is 50.4 Å². The number of hydrogen-bond acceptors (Lipinski definition) is 4. The molecule has 0 unspecified atom stereocenters. The molecule has 0 radical (unpaired) electrons. The van der Waals surface area contributed by atoms with E-state index in [-0.39, 0.29) is 30.1 Å². The minimum Gasteiger partial charge on any atom is -0.483 e. The first-order valence-corrected chi connectivity index (χ1v) is 8.84. The predicted octanol–water partition coefficient (Wildman–Crippen LogP) is 1.47.